The Balaban J connectivity index is 2.49. The summed E-state index contributed by atoms with van der Waals surface area (Å²) in [6.07, 6.45) is 0.194. The fourth-order valence-corrected chi connectivity index (χ4v) is 2.05. The lowest BCUT2D eigenvalue weighted by molar-refractivity contribution is 0.141. The summed E-state index contributed by atoms with van der Waals surface area (Å²) >= 11 is 6.03. The number of aromatic nitrogens is 1. The Morgan fingerprint density at radius 3 is 2.79 bits per heavy atom. The van der Waals surface area contributed by atoms with Gasteiger partial charge < -0.3 is 16.2 Å². The summed E-state index contributed by atoms with van der Waals surface area (Å²) in [4.78, 5) is 4.23. The van der Waals surface area contributed by atoms with Gasteiger partial charge in [0.25, 0.3) is 0 Å². The molecule has 0 amide bonds. The van der Waals surface area contributed by atoms with Crippen molar-refractivity contribution in [2.24, 2.45) is 5.92 Å². The van der Waals surface area contributed by atoms with Crippen molar-refractivity contribution in [3.63, 3.8) is 0 Å². The number of fused-ring (bicyclic) bond motifs is 1. The molecule has 2 aromatic rings. The Hall–Kier alpha value is -1.52. The molecule has 0 aliphatic carbocycles. The molecule has 0 saturated heterocycles. The van der Waals surface area contributed by atoms with E-state index in [9.17, 15) is 5.11 Å². The van der Waals surface area contributed by atoms with Gasteiger partial charge in [0.15, 0.2) is 5.15 Å². The van der Waals surface area contributed by atoms with E-state index < -0.39 is 6.23 Å². The van der Waals surface area contributed by atoms with E-state index in [1.54, 1.807) is 0 Å². The van der Waals surface area contributed by atoms with Gasteiger partial charge in [0, 0.05) is 11.3 Å². The van der Waals surface area contributed by atoms with Gasteiger partial charge in [-0.3, -0.25) is 0 Å². The first-order chi connectivity index (χ1) is 9.04. The fourth-order valence-electron chi connectivity index (χ4n) is 1.87. The fraction of sp³-hybridized carbons (Fsp3) is 0.357. The van der Waals surface area contributed by atoms with Crippen LogP contribution in [0.5, 0.6) is 0 Å². The number of aliphatic hydroxyl groups excluding tert-OH is 1. The quantitative estimate of drug-likeness (QED) is 0.593. The molecule has 0 aliphatic rings. The van der Waals surface area contributed by atoms with Gasteiger partial charge in [-0.15, -0.1) is 0 Å². The van der Waals surface area contributed by atoms with Gasteiger partial charge in [0.1, 0.15) is 6.23 Å². The second kappa shape index (κ2) is 5.63. The summed E-state index contributed by atoms with van der Waals surface area (Å²) in [6, 6.07) is 7.55. The van der Waals surface area contributed by atoms with Gasteiger partial charge in [0.2, 0.25) is 0 Å². The van der Waals surface area contributed by atoms with Gasteiger partial charge in [-0.05, 0) is 12.5 Å². The van der Waals surface area contributed by atoms with Crippen LogP contribution in [-0.4, -0.2) is 16.3 Å². The number of para-hydroxylation sites is 1. The SMILES string of the molecule is CCC(C)C(O)Nc1c(N)c(Cl)nc2ccccc12. The van der Waals surface area contributed by atoms with E-state index in [4.69, 9.17) is 17.3 Å². The number of rotatable bonds is 4. The zero-order chi connectivity index (χ0) is 14.0. The number of pyridine rings is 1. The molecule has 1 aromatic carbocycles. The van der Waals surface area contributed by atoms with Crippen molar-refractivity contribution in [2.45, 2.75) is 26.5 Å². The van der Waals surface area contributed by atoms with Gasteiger partial charge in [0.05, 0.1) is 16.9 Å². The minimum Gasteiger partial charge on any atom is -0.395 e. The summed E-state index contributed by atoms with van der Waals surface area (Å²) in [5, 5.41) is 14.3. The summed E-state index contributed by atoms with van der Waals surface area (Å²) < 4.78 is 0. The first-order valence-electron chi connectivity index (χ1n) is 6.33. The van der Waals surface area contributed by atoms with Crippen LogP contribution in [-0.2, 0) is 0 Å². The van der Waals surface area contributed by atoms with Gasteiger partial charge >= 0.3 is 0 Å². The molecule has 2 unspecified atom stereocenters. The van der Waals surface area contributed by atoms with Gasteiger partial charge in [-0.25, -0.2) is 4.98 Å². The van der Waals surface area contributed by atoms with E-state index >= 15 is 0 Å². The lowest BCUT2D eigenvalue weighted by atomic mass is 10.1. The molecule has 0 saturated carbocycles. The first-order valence-corrected chi connectivity index (χ1v) is 6.70. The molecular formula is C14H18ClN3O. The van der Waals surface area contributed by atoms with Crippen molar-refractivity contribution in [1.29, 1.82) is 0 Å². The lowest BCUT2D eigenvalue weighted by Crippen LogP contribution is -2.27. The second-order valence-electron chi connectivity index (χ2n) is 4.68. The molecule has 0 aliphatic heterocycles. The second-order valence-corrected chi connectivity index (χ2v) is 5.04. The lowest BCUT2D eigenvalue weighted by Gasteiger charge is -2.22. The van der Waals surface area contributed by atoms with Crippen LogP contribution in [0.3, 0.4) is 0 Å². The molecule has 1 heterocycles. The van der Waals surface area contributed by atoms with Crippen LogP contribution in [0.1, 0.15) is 20.3 Å². The highest BCUT2D eigenvalue weighted by Crippen LogP contribution is 2.34. The van der Waals surface area contributed by atoms with Crippen LogP contribution in [0.2, 0.25) is 5.15 Å². The summed E-state index contributed by atoms with van der Waals surface area (Å²) in [5.41, 5.74) is 7.73. The Bertz CT molecular complexity index is 588. The predicted molar refractivity (Wildman–Crippen MR) is 80.2 cm³/mol. The molecular weight excluding hydrogens is 262 g/mol. The molecule has 0 fully saturated rings. The molecule has 2 atom stereocenters. The topological polar surface area (TPSA) is 71.2 Å². The number of nitrogens with zero attached hydrogens (tertiary/aromatic N) is 1. The first kappa shape index (κ1) is 13.9. The Morgan fingerprint density at radius 2 is 2.11 bits per heavy atom. The van der Waals surface area contributed by atoms with Gasteiger partial charge in [-0.2, -0.15) is 0 Å². The van der Waals surface area contributed by atoms with Crippen molar-refractivity contribution in [2.75, 3.05) is 11.1 Å². The highest BCUT2D eigenvalue weighted by atomic mass is 35.5. The third-order valence-electron chi connectivity index (χ3n) is 3.36. The van der Waals surface area contributed by atoms with Crippen molar-refractivity contribution in [3.8, 4) is 0 Å². The van der Waals surface area contributed by atoms with Crippen LogP contribution in [0.25, 0.3) is 10.9 Å². The maximum Gasteiger partial charge on any atom is 0.154 e. The van der Waals surface area contributed by atoms with E-state index in [1.165, 1.54) is 0 Å². The van der Waals surface area contributed by atoms with Crippen LogP contribution in [0, 0.1) is 5.92 Å². The number of halogens is 1. The van der Waals surface area contributed by atoms with Gasteiger partial charge in [-0.1, -0.05) is 43.6 Å². The average Bonchev–Trinajstić information content (AvgIpc) is 2.42. The molecule has 4 nitrogen and oxygen atoms in total. The van der Waals surface area contributed by atoms with Crippen LogP contribution in [0.15, 0.2) is 24.3 Å². The number of hydrogen-bond donors (Lipinski definition) is 3. The summed E-state index contributed by atoms with van der Waals surface area (Å²) in [7, 11) is 0. The largest absolute Gasteiger partial charge is 0.395 e. The smallest absolute Gasteiger partial charge is 0.154 e. The molecule has 2 rings (SSSR count). The molecule has 102 valence electrons. The number of nitrogens with one attached hydrogen (secondary N) is 1. The predicted octanol–water partition coefficient (Wildman–Crippen LogP) is 3.25. The molecule has 19 heavy (non-hydrogen) atoms. The maximum atomic E-state index is 10.1. The molecule has 5 heteroatoms. The monoisotopic (exact) mass is 279 g/mol. The van der Waals surface area contributed by atoms with Crippen molar-refractivity contribution >= 4 is 33.9 Å². The Labute approximate surface area is 117 Å². The number of hydrogen-bond acceptors (Lipinski definition) is 4. The highest BCUT2D eigenvalue weighted by molar-refractivity contribution is 6.33. The van der Waals surface area contributed by atoms with E-state index in [-0.39, 0.29) is 11.1 Å². The van der Waals surface area contributed by atoms with Crippen LogP contribution < -0.4 is 11.1 Å². The minimum absolute atomic E-state index is 0.116. The number of nitrogens with two attached hydrogens (primary N) is 1. The normalized spacial score (nSPS) is 14.3. The molecule has 0 spiro atoms. The third kappa shape index (κ3) is 2.74. The van der Waals surface area contributed by atoms with E-state index in [0.29, 0.717) is 11.4 Å². The third-order valence-corrected chi connectivity index (χ3v) is 3.65. The molecule has 0 radical (unpaired) electrons. The van der Waals surface area contributed by atoms with Crippen LogP contribution >= 0.6 is 11.6 Å². The Kier molecular flexibility index (Phi) is 4.12. The standard InChI is InChI=1S/C14H18ClN3O/c1-3-8(2)14(19)18-12-9-6-4-5-7-10(9)17-13(15)11(12)16/h4-8,14,19H,3,16H2,1-2H3,(H,17,18). The molecule has 0 bridgehead atoms. The number of anilines is 2. The summed E-state index contributed by atoms with van der Waals surface area (Å²) in [5.74, 6) is 0.116. The van der Waals surface area contributed by atoms with Crippen molar-refractivity contribution in [3.05, 3.63) is 29.4 Å². The molecule has 4 N–H and O–H groups in total. The average molecular weight is 280 g/mol. The van der Waals surface area contributed by atoms with Crippen molar-refractivity contribution < 1.29 is 5.11 Å². The highest BCUT2D eigenvalue weighted by Gasteiger charge is 2.17. The van der Waals surface area contributed by atoms with Crippen molar-refractivity contribution in [1.82, 2.24) is 4.98 Å². The minimum atomic E-state index is -0.672. The Morgan fingerprint density at radius 1 is 1.42 bits per heavy atom. The zero-order valence-corrected chi connectivity index (χ0v) is 11.8. The van der Waals surface area contributed by atoms with E-state index in [1.807, 2.05) is 38.1 Å². The van der Waals surface area contributed by atoms with E-state index in [0.717, 1.165) is 17.3 Å². The zero-order valence-electron chi connectivity index (χ0n) is 11.0. The number of nitrogen functional groups attached to an aromatic ring is 1. The van der Waals surface area contributed by atoms with Crippen LogP contribution in [0.4, 0.5) is 11.4 Å². The maximum absolute atomic E-state index is 10.1. The van der Waals surface area contributed by atoms with E-state index in [2.05, 4.69) is 10.3 Å². The summed E-state index contributed by atoms with van der Waals surface area (Å²) in [6.45, 7) is 4.00. The molecule has 1 aromatic heterocycles. The number of aliphatic hydroxyl groups is 1. The number of benzene rings is 1.